The normalized spacial score (nSPS) is 14.0. The number of nitrogens with zero attached hydrogens (tertiary/aromatic N) is 1. The third-order valence-electron chi connectivity index (χ3n) is 3.54. The Labute approximate surface area is 102 Å². The van der Waals surface area contributed by atoms with Crippen LogP contribution in [0.15, 0.2) is 11.6 Å². The fraction of sp³-hybridized carbons (Fsp3) is 0.750. The number of rotatable bonds is 7. The van der Waals surface area contributed by atoms with E-state index in [9.17, 15) is 0 Å². The van der Waals surface area contributed by atoms with Gasteiger partial charge in [0.05, 0.1) is 6.04 Å². The quantitative estimate of drug-likeness (QED) is 0.771. The summed E-state index contributed by atoms with van der Waals surface area (Å²) in [7, 11) is 0. The van der Waals surface area contributed by atoms with E-state index >= 15 is 0 Å². The number of nitrogens with two attached hydrogens (primary N) is 1. The van der Waals surface area contributed by atoms with E-state index in [1.165, 1.54) is 0 Å². The molecule has 16 heavy (non-hydrogen) atoms. The summed E-state index contributed by atoms with van der Waals surface area (Å²) in [6.07, 6.45) is 4.10. The largest absolute Gasteiger partial charge is 0.330 e. The first-order chi connectivity index (χ1) is 7.67. The second-order valence-corrected chi connectivity index (χ2v) is 5.31. The van der Waals surface area contributed by atoms with Crippen molar-refractivity contribution in [3.63, 3.8) is 0 Å². The summed E-state index contributed by atoms with van der Waals surface area (Å²) >= 11 is 1.70. The Morgan fingerprint density at radius 3 is 2.62 bits per heavy atom. The first-order valence-electron chi connectivity index (χ1n) is 6.00. The third-order valence-corrected chi connectivity index (χ3v) is 4.50. The zero-order valence-corrected chi connectivity index (χ0v) is 11.3. The van der Waals surface area contributed by atoms with Gasteiger partial charge in [-0.3, -0.25) is 0 Å². The van der Waals surface area contributed by atoms with Gasteiger partial charge in [0.15, 0.2) is 0 Å². The minimum absolute atomic E-state index is 0.242. The van der Waals surface area contributed by atoms with Gasteiger partial charge in [-0.15, -0.1) is 11.3 Å². The average Bonchev–Trinajstić information content (AvgIpc) is 2.85. The maximum atomic E-state index is 5.88. The van der Waals surface area contributed by atoms with Crippen LogP contribution in [0.3, 0.4) is 0 Å². The van der Waals surface area contributed by atoms with Crippen LogP contribution in [0.4, 0.5) is 0 Å². The summed E-state index contributed by atoms with van der Waals surface area (Å²) in [6.45, 7) is 8.30. The van der Waals surface area contributed by atoms with Crippen LogP contribution < -0.4 is 11.1 Å². The molecule has 0 bridgehead atoms. The molecule has 0 radical (unpaired) electrons. The maximum Gasteiger partial charge on any atom is 0.109 e. The van der Waals surface area contributed by atoms with Gasteiger partial charge in [-0.05, 0) is 31.7 Å². The van der Waals surface area contributed by atoms with Crippen LogP contribution in [0, 0.1) is 5.41 Å². The molecule has 0 aliphatic rings. The molecule has 3 nitrogen and oxygen atoms in total. The molecule has 1 rings (SSSR count). The van der Waals surface area contributed by atoms with E-state index in [2.05, 4.69) is 31.1 Å². The Morgan fingerprint density at radius 1 is 1.50 bits per heavy atom. The molecule has 1 unspecified atom stereocenters. The van der Waals surface area contributed by atoms with Crippen molar-refractivity contribution in [2.45, 2.75) is 39.7 Å². The lowest BCUT2D eigenvalue weighted by molar-refractivity contribution is 0.250. The summed E-state index contributed by atoms with van der Waals surface area (Å²) in [5.74, 6) is 0. The zero-order valence-electron chi connectivity index (χ0n) is 10.5. The van der Waals surface area contributed by atoms with E-state index in [1.807, 2.05) is 11.6 Å². The zero-order chi connectivity index (χ0) is 12.0. The predicted octanol–water partition coefficient (Wildman–Crippen LogP) is 2.56. The van der Waals surface area contributed by atoms with Gasteiger partial charge in [-0.2, -0.15) is 0 Å². The topological polar surface area (TPSA) is 50.9 Å². The number of hydrogen-bond donors (Lipinski definition) is 2. The van der Waals surface area contributed by atoms with Gasteiger partial charge in [0.25, 0.3) is 0 Å². The van der Waals surface area contributed by atoms with Crippen LogP contribution in [0.1, 0.15) is 44.7 Å². The van der Waals surface area contributed by atoms with Gasteiger partial charge in [-0.1, -0.05) is 13.8 Å². The molecule has 0 saturated carbocycles. The molecule has 0 aliphatic carbocycles. The Kier molecular flexibility index (Phi) is 5.38. The van der Waals surface area contributed by atoms with Crippen LogP contribution >= 0.6 is 11.3 Å². The molecule has 3 N–H and O–H groups in total. The van der Waals surface area contributed by atoms with E-state index in [1.54, 1.807) is 11.3 Å². The number of thiazole rings is 1. The molecule has 92 valence electrons. The van der Waals surface area contributed by atoms with Crippen molar-refractivity contribution < 1.29 is 0 Å². The summed E-state index contributed by atoms with van der Waals surface area (Å²) in [6, 6.07) is 0.323. The van der Waals surface area contributed by atoms with Crippen molar-refractivity contribution >= 4 is 11.3 Å². The molecule has 1 aromatic heterocycles. The van der Waals surface area contributed by atoms with Crippen molar-refractivity contribution in [3.05, 3.63) is 16.6 Å². The van der Waals surface area contributed by atoms with Gasteiger partial charge >= 0.3 is 0 Å². The van der Waals surface area contributed by atoms with Gasteiger partial charge in [-0.25, -0.2) is 4.98 Å². The minimum atomic E-state index is 0.242. The van der Waals surface area contributed by atoms with Crippen LogP contribution in [-0.4, -0.2) is 18.1 Å². The van der Waals surface area contributed by atoms with Gasteiger partial charge < -0.3 is 11.1 Å². The minimum Gasteiger partial charge on any atom is -0.330 e. The molecule has 0 saturated heterocycles. The summed E-state index contributed by atoms with van der Waals surface area (Å²) in [4.78, 5) is 4.32. The van der Waals surface area contributed by atoms with Crippen LogP contribution in [-0.2, 0) is 0 Å². The van der Waals surface area contributed by atoms with Crippen molar-refractivity contribution in [2.24, 2.45) is 11.1 Å². The van der Waals surface area contributed by atoms with Crippen molar-refractivity contribution in [1.29, 1.82) is 0 Å². The lowest BCUT2D eigenvalue weighted by atomic mass is 9.82. The molecule has 1 atom stereocenters. The molecular formula is C12H23N3S. The van der Waals surface area contributed by atoms with Gasteiger partial charge in [0.2, 0.25) is 0 Å². The standard InChI is InChI=1S/C12H23N3S/c1-4-12(5-2,8-13)9-15-10(3)11-14-6-7-16-11/h6-7,10,15H,4-5,8-9,13H2,1-3H3. The summed E-state index contributed by atoms with van der Waals surface area (Å²) in [5, 5.41) is 6.71. The molecule has 0 aromatic carbocycles. The predicted molar refractivity (Wildman–Crippen MR) is 70.6 cm³/mol. The Morgan fingerprint density at radius 2 is 2.19 bits per heavy atom. The first kappa shape index (κ1) is 13.6. The second kappa shape index (κ2) is 6.33. The molecule has 0 spiro atoms. The highest BCUT2D eigenvalue weighted by Gasteiger charge is 2.25. The average molecular weight is 241 g/mol. The Bertz CT molecular complexity index is 272. The van der Waals surface area contributed by atoms with E-state index in [0.29, 0.717) is 6.04 Å². The molecule has 0 fully saturated rings. The monoisotopic (exact) mass is 241 g/mol. The van der Waals surface area contributed by atoms with Crippen molar-refractivity contribution in [2.75, 3.05) is 13.1 Å². The number of hydrogen-bond acceptors (Lipinski definition) is 4. The Balaban J connectivity index is 2.49. The molecular weight excluding hydrogens is 218 g/mol. The molecule has 1 heterocycles. The fourth-order valence-corrected chi connectivity index (χ4v) is 2.44. The van der Waals surface area contributed by atoms with E-state index in [4.69, 9.17) is 5.73 Å². The fourth-order valence-electron chi connectivity index (χ4n) is 1.77. The Hall–Kier alpha value is -0.450. The van der Waals surface area contributed by atoms with E-state index in [-0.39, 0.29) is 5.41 Å². The summed E-state index contributed by atoms with van der Waals surface area (Å²) in [5.41, 5.74) is 6.12. The first-order valence-corrected chi connectivity index (χ1v) is 6.88. The van der Waals surface area contributed by atoms with E-state index in [0.717, 1.165) is 30.9 Å². The smallest absolute Gasteiger partial charge is 0.109 e. The van der Waals surface area contributed by atoms with Crippen molar-refractivity contribution in [3.8, 4) is 0 Å². The van der Waals surface area contributed by atoms with Gasteiger partial charge in [0.1, 0.15) is 5.01 Å². The highest BCUT2D eigenvalue weighted by atomic mass is 32.1. The van der Waals surface area contributed by atoms with Gasteiger partial charge in [0, 0.05) is 18.1 Å². The molecule has 1 aromatic rings. The van der Waals surface area contributed by atoms with Crippen LogP contribution in [0.25, 0.3) is 0 Å². The highest BCUT2D eigenvalue weighted by Crippen LogP contribution is 2.25. The number of nitrogens with one attached hydrogen (secondary N) is 1. The van der Waals surface area contributed by atoms with Crippen LogP contribution in [0.2, 0.25) is 0 Å². The third kappa shape index (κ3) is 3.27. The lowest BCUT2D eigenvalue weighted by Crippen LogP contribution is -2.40. The van der Waals surface area contributed by atoms with Crippen molar-refractivity contribution in [1.82, 2.24) is 10.3 Å². The lowest BCUT2D eigenvalue weighted by Gasteiger charge is -2.31. The summed E-state index contributed by atoms with van der Waals surface area (Å²) < 4.78 is 0. The molecule has 0 amide bonds. The molecule has 4 heteroatoms. The molecule has 0 aliphatic heterocycles. The van der Waals surface area contributed by atoms with E-state index < -0.39 is 0 Å². The highest BCUT2D eigenvalue weighted by molar-refractivity contribution is 7.09. The SMILES string of the molecule is CCC(CC)(CN)CNC(C)c1nccs1. The second-order valence-electron chi connectivity index (χ2n) is 4.38. The van der Waals surface area contributed by atoms with Crippen LogP contribution in [0.5, 0.6) is 0 Å². The number of aromatic nitrogens is 1. The maximum absolute atomic E-state index is 5.88.